The number of aliphatic hydroxyl groups is 1. The van der Waals surface area contributed by atoms with Crippen molar-refractivity contribution < 1.29 is 9.50 Å². The maximum atomic E-state index is 13.4. The summed E-state index contributed by atoms with van der Waals surface area (Å²) in [6.07, 6.45) is 2.66. The van der Waals surface area contributed by atoms with Gasteiger partial charge in [0.1, 0.15) is 5.82 Å². The Hall–Kier alpha value is -3.18. The standard InChI is InChI=1S/C22H18FN3O/c1-13-9-18(14(2)27)20-11-19(15-3-5-17(23)6-4-15)22(26-21(20)10-13)16-7-8-24-25-12-16/h3-12,14,27H,1-2H3. The molecule has 0 spiro atoms. The maximum Gasteiger partial charge on any atom is 0.123 e. The molecule has 2 aromatic carbocycles. The molecule has 5 heteroatoms. The van der Waals surface area contributed by atoms with E-state index in [1.807, 2.05) is 31.2 Å². The normalized spacial score (nSPS) is 12.3. The highest BCUT2D eigenvalue weighted by Gasteiger charge is 2.16. The molecule has 0 radical (unpaired) electrons. The zero-order valence-electron chi connectivity index (χ0n) is 15.0. The Bertz CT molecular complexity index is 1110. The van der Waals surface area contributed by atoms with Gasteiger partial charge in [-0.05, 0) is 60.9 Å². The van der Waals surface area contributed by atoms with Crippen LogP contribution in [0, 0.1) is 12.7 Å². The molecule has 27 heavy (non-hydrogen) atoms. The molecular weight excluding hydrogens is 341 g/mol. The Balaban J connectivity index is 2.07. The Labute approximate surface area is 156 Å². The number of aliphatic hydroxyl groups excluding tert-OH is 1. The number of rotatable bonds is 3. The highest BCUT2D eigenvalue weighted by Crippen LogP contribution is 2.35. The van der Waals surface area contributed by atoms with Gasteiger partial charge in [-0.15, -0.1) is 0 Å². The summed E-state index contributed by atoms with van der Waals surface area (Å²) >= 11 is 0. The summed E-state index contributed by atoms with van der Waals surface area (Å²) in [5, 5.41) is 18.9. The zero-order chi connectivity index (χ0) is 19.0. The monoisotopic (exact) mass is 359 g/mol. The van der Waals surface area contributed by atoms with E-state index in [1.165, 1.54) is 12.1 Å². The van der Waals surface area contributed by atoms with E-state index in [1.54, 1.807) is 31.5 Å². The van der Waals surface area contributed by atoms with Gasteiger partial charge in [-0.25, -0.2) is 9.37 Å². The number of aryl methyl sites for hydroxylation is 1. The molecule has 1 unspecified atom stereocenters. The Morgan fingerprint density at radius 3 is 2.41 bits per heavy atom. The second-order valence-corrected chi connectivity index (χ2v) is 6.62. The topological polar surface area (TPSA) is 58.9 Å². The van der Waals surface area contributed by atoms with E-state index in [0.717, 1.165) is 44.4 Å². The molecule has 0 aliphatic carbocycles. The molecule has 4 aromatic rings. The minimum Gasteiger partial charge on any atom is -0.389 e. The van der Waals surface area contributed by atoms with Crippen molar-refractivity contribution in [3.63, 3.8) is 0 Å². The van der Waals surface area contributed by atoms with E-state index in [0.29, 0.717) is 0 Å². The summed E-state index contributed by atoms with van der Waals surface area (Å²) in [6.45, 7) is 3.72. The summed E-state index contributed by atoms with van der Waals surface area (Å²) in [5.74, 6) is -0.292. The molecule has 0 saturated heterocycles. The predicted octanol–water partition coefficient (Wildman–Crippen LogP) is 4.86. The summed E-state index contributed by atoms with van der Waals surface area (Å²) < 4.78 is 13.4. The van der Waals surface area contributed by atoms with Gasteiger partial charge in [-0.2, -0.15) is 10.2 Å². The molecule has 4 rings (SSSR count). The first kappa shape index (κ1) is 17.2. The Morgan fingerprint density at radius 2 is 1.74 bits per heavy atom. The molecule has 1 atom stereocenters. The fourth-order valence-corrected chi connectivity index (χ4v) is 3.30. The Kier molecular flexibility index (Phi) is 4.38. The number of aromatic nitrogens is 3. The lowest BCUT2D eigenvalue weighted by molar-refractivity contribution is 0.201. The first-order valence-corrected chi connectivity index (χ1v) is 8.69. The SMILES string of the molecule is Cc1cc(C(C)O)c2cc(-c3ccc(F)cc3)c(-c3ccnnc3)nc2c1. The van der Waals surface area contributed by atoms with Crippen molar-refractivity contribution in [1.29, 1.82) is 0 Å². The van der Waals surface area contributed by atoms with Crippen molar-refractivity contribution in [1.82, 2.24) is 15.2 Å². The number of pyridine rings is 1. The van der Waals surface area contributed by atoms with Gasteiger partial charge < -0.3 is 5.11 Å². The minimum atomic E-state index is -0.622. The van der Waals surface area contributed by atoms with Gasteiger partial charge in [0.15, 0.2) is 0 Å². The van der Waals surface area contributed by atoms with E-state index in [9.17, 15) is 9.50 Å². The largest absolute Gasteiger partial charge is 0.389 e. The van der Waals surface area contributed by atoms with Crippen LogP contribution in [0.1, 0.15) is 24.2 Å². The summed E-state index contributed by atoms with van der Waals surface area (Å²) in [6, 6.07) is 14.1. The van der Waals surface area contributed by atoms with Crippen LogP contribution in [0.15, 0.2) is 60.9 Å². The molecule has 0 bridgehead atoms. The molecule has 2 heterocycles. The maximum absolute atomic E-state index is 13.4. The molecule has 0 aliphatic heterocycles. The molecule has 2 aromatic heterocycles. The van der Waals surface area contributed by atoms with Crippen LogP contribution in [0.25, 0.3) is 33.3 Å². The van der Waals surface area contributed by atoms with Gasteiger partial charge in [0.05, 0.1) is 29.7 Å². The van der Waals surface area contributed by atoms with E-state index >= 15 is 0 Å². The van der Waals surface area contributed by atoms with Crippen LogP contribution < -0.4 is 0 Å². The molecule has 0 saturated carbocycles. The van der Waals surface area contributed by atoms with E-state index in [4.69, 9.17) is 4.98 Å². The third-order valence-corrected chi connectivity index (χ3v) is 4.57. The molecule has 1 N–H and O–H groups in total. The Morgan fingerprint density at radius 1 is 0.963 bits per heavy atom. The van der Waals surface area contributed by atoms with Gasteiger partial charge in [0.2, 0.25) is 0 Å². The number of fused-ring (bicyclic) bond motifs is 1. The van der Waals surface area contributed by atoms with Crippen LogP contribution in [-0.4, -0.2) is 20.3 Å². The number of hydrogen-bond acceptors (Lipinski definition) is 4. The third-order valence-electron chi connectivity index (χ3n) is 4.57. The van der Waals surface area contributed by atoms with Crippen LogP contribution in [0.5, 0.6) is 0 Å². The smallest absolute Gasteiger partial charge is 0.123 e. The van der Waals surface area contributed by atoms with Crippen molar-refractivity contribution in [2.75, 3.05) is 0 Å². The van der Waals surface area contributed by atoms with E-state index in [2.05, 4.69) is 10.2 Å². The lowest BCUT2D eigenvalue weighted by atomic mass is 9.94. The fourth-order valence-electron chi connectivity index (χ4n) is 3.30. The van der Waals surface area contributed by atoms with Gasteiger partial charge in [0, 0.05) is 16.5 Å². The average Bonchev–Trinajstić information content (AvgIpc) is 2.67. The first-order chi connectivity index (χ1) is 13.0. The van der Waals surface area contributed by atoms with Crippen LogP contribution in [0.3, 0.4) is 0 Å². The highest BCUT2D eigenvalue weighted by atomic mass is 19.1. The van der Waals surface area contributed by atoms with Crippen LogP contribution >= 0.6 is 0 Å². The highest BCUT2D eigenvalue weighted by molar-refractivity contribution is 5.93. The number of nitrogens with zero attached hydrogens (tertiary/aromatic N) is 3. The number of benzene rings is 2. The van der Waals surface area contributed by atoms with Crippen molar-refractivity contribution >= 4 is 10.9 Å². The first-order valence-electron chi connectivity index (χ1n) is 8.69. The van der Waals surface area contributed by atoms with Gasteiger partial charge >= 0.3 is 0 Å². The van der Waals surface area contributed by atoms with Crippen LogP contribution in [-0.2, 0) is 0 Å². The second kappa shape index (κ2) is 6.85. The van der Waals surface area contributed by atoms with Gasteiger partial charge in [-0.3, -0.25) is 0 Å². The molecule has 0 fully saturated rings. The minimum absolute atomic E-state index is 0.292. The van der Waals surface area contributed by atoms with Crippen LogP contribution in [0.4, 0.5) is 4.39 Å². The lowest BCUT2D eigenvalue weighted by Gasteiger charge is -2.15. The summed E-state index contributed by atoms with van der Waals surface area (Å²) in [4.78, 5) is 4.88. The summed E-state index contributed by atoms with van der Waals surface area (Å²) in [7, 11) is 0. The molecular formula is C22H18FN3O. The molecule has 0 amide bonds. The van der Waals surface area contributed by atoms with Crippen LogP contribution in [0.2, 0.25) is 0 Å². The second-order valence-electron chi connectivity index (χ2n) is 6.62. The zero-order valence-corrected chi connectivity index (χ0v) is 15.0. The van der Waals surface area contributed by atoms with Crippen molar-refractivity contribution in [3.05, 3.63) is 77.9 Å². The van der Waals surface area contributed by atoms with Crippen molar-refractivity contribution in [3.8, 4) is 22.4 Å². The molecule has 134 valence electrons. The number of hydrogen-bond donors (Lipinski definition) is 1. The third kappa shape index (κ3) is 3.29. The van der Waals surface area contributed by atoms with Crippen molar-refractivity contribution in [2.45, 2.75) is 20.0 Å². The predicted molar refractivity (Wildman–Crippen MR) is 104 cm³/mol. The number of halogens is 1. The van der Waals surface area contributed by atoms with E-state index in [-0.39, 0.29) is 5.82 Å². The lowest BCUT2D eigenvalue weighted by Crippen LogP contribution is -1.98. The van der Waals surface area contributed by atoms with Gasteiger partial charge in [0.25, 0.3) is 0 Å². The van der Waals surface area contributed by atoms with E-state index < -0.39 is 6.10 Å². The summed E-state index contributed by atoms with van der Waals surface area (Å²) in [5.41, 5.74) is 5.90. The molecule has 4 nitrogen and oxygen atoms in total. The van der Waals surface area contributed by atoms with Gasteiger partial charge in [-0.1, -0.05) is 18.2 Å². The van der Waals surface area contributed by atoms with Crippen molar-refractivity contribution in [2.24, 2.45) is 0 Å². The molecule has 0 aliphatic rings. The average molecular weight is 359 g/mol. The quantitative estimate of drug-likeness (QED) is 0.567. The fraction of sp³-hybridized carbons (Fsp3) is 0.136.